The molecule has 0 bridgehead atoms. The second kappa shape index (κ2) is 10.1. The maximum Gasteiger partial charge on any atom is 0.373 e. The summed E-state index contributed by atoms with van der Waals surface area (Å²) in [5.41, 5.74) is 3.95. The van der Waals surface area contributed by atoms with Gasteiger partial charge in [0, 0.05) is 36.9 Å². The van der Waals surface area contributed by atoms with E-state index in [1.165, 1.54) is 10.6 Å². The first-order valence-electron chi connectivity index (χ1n) is 12.3. The molecule has 2 aromatic heterocycles. The molecular formula is C28H29N4O6P. The van der Waals surface area contributed by atoms with Crippen LogP contribution in [0, 0.1) is 6.92 Å². The fourth-order valence-electron chi connectivity index (χ4n) is 4.68. The van der Waals surface area contributed by atoms with Gasteiger partial charge in [0.1, 0.15) is 17.2 Å². The van der Waals surface area contributed by atoms with Gasteiger partial charge in [0.25, 0.3) is 0 Å². The van der Waals surface area contributed by atoms with Crippen LogP contribution < -0.4 is 15.0 Å². The molecule has 10 nitrogen and oxygen atoms in total. The molecule has 1 atom stereocenters. The van der Waals surface area contributed by atoms with E-state index in [0.29, 0.717) is 24.1 Å². The van der Waals surface area contributed by atoms with Crippen molar-refractivity contribution in [2.45, 2.75) is 19.8 Å². The number of nitrogens with zero attached hydrogens (tertiary/aromatic N) is 3. The maximum atomic E-state index is 12.9. The molecule has 0 radical (unpaired) electrons. The van der Waals surface area contributed by atoms with Gasteiger partial charge in [-0.05, 0) is 72.9 Å². The molecule has 0 fully saturated rings. The van der Waals surface area contributed by atoms with Gasteiger partial charge in [0.05, 0.1) is 18.4 Å². The van der Waals surface area contributed by atoms with Gasteiger partial charge in [-0.2, -0.15) is 5.10 Å². The monoisotopic (exact) mass is 548 g/mol. The SMILES string of the molecule is COc1cc(CCc2cc(-c3n[nH]c(=O)n3-c3ccc4c(ccn4C)c3)c(O)cc2OP(C)(=O)O)ccc1C. The molecule has 5 rings (SSSR count). The van der Waals surface area contributed by atoms with E-state index in [9.17, 15) is 19.4 Å². The summed E-state index contributed by atoms with van der Waals surface area (Å²) in [6.45, 7) is 3.04. The topological polar surface area (TPSA) is 132 Å². The van der Waals surface area contributed by atoms with Crippen LogP contribution in [0.2, 0.25) is 0 Å². The highest BCUT2D eigenvalue weighted by atomic mass is 31.2. The molecule has 202 valence electrons. The Morgan fingerprint density at radius 3 is 2.59 bits per heavy atom. The minimum absolute atomic E-state index is 0.0822. The third-order valence-corrected chi connectivity index (χ3v) is 7.18. The number of hydrogen-bond donors (Lipinski definition) is 3. The molecule has 11 heteroatoms. The summed E-state index contributed by atoms with van der Waals surface area (Å²) < 4.78 is 26.3. The number of phenols is 1. The van der Waals surface area contributed by atoms with Gasteiger partial charge in [0.2, 0.25) is 0 Å². The Hall–Kier alpha value is -4.27. The average Bonchev–Trinajstić information content (AvgIpc) is 3.45. The highest BCUT2D eigenvalue weighted by Crippen LogP contribution is 2.44. The molecule has 0 saturated heterocycles. The van der Waals surface area contributed by atoms with E-state index in [1.807, 2.05) is 67.2 Å². The Morgan fingerprint density at radius 2 is 1.85 bits per heavy atom. The number of hydrogen-bond acceptors (Lipinski definition) is 6. The molecule has 5 aromatic rings. The number of aromatic nitrogens is 4. The standard InChI is InChI=1S/C28H29N4O6P/c1-17-5-6-18(13-25(17)37-3)7-8-20-15-22(24(33)16-26(20)38-39(4,35)36)27-29-30-28(34)32(27)21-9-10-23-19(14-21)11-12-31(23)2/h5-6,9-16,33H,7-8H2,1-4H3,(H,30,34)(H,35,36). The predicted octanol–water partition coefficient (Wildman–Crippen LogP) is 4.72. The van der Waals surface area contributed by atoms with E-state index in [-0.39, 0.29) is 22.9 Å². The maximum absolute atomic E-state index is 12.9. The first kappa shape index (κ1) is 26.3. The smallest absolute Gasteiger partial charge is 0.373 e. The van der Waals surface area contributed by atoms with Gasteiger partial charge in [-0.3, -0.25) is 0 Å². The van der Waals surface area contributed by atoms with Gasteiger partial charge in [-0.15, -0.1) is 0 Å². The fraction of sp³-hybridized carbons (Fsp3) is 0.214. The number of nitrogens with one attached hydrogen (secondary N) is 1. The van der Waals surface area contributed by atoms with Gasteiger partial charge < -0.3 is 23.8 Å². The number of methoxy groups -OCH3 is 1. The highest BCUT2D eigenvalue weighted by molar-refractivity contribution is 7.52. The van der Waals surface area contributed by atoms with Crippen molar-refractivity contribution in [1.29, 1.82) is 0 Å². The number of rotatable bonds is 8. The van der Waals surface area contributed by atoms with E-state index in [1.54, 1.807) is 13.2 Å². The quantitative estimate of drug-likeness (QED) is 0.239. The summed E-state index contributed by atoms with van der Waals surface area (Å²) in [4.78, 5) is 22.8. The fourth-order valence-corrected chi connectivity index (χ4v) is 5.21. The number of phenolic OH excluding ortho intramolecular Hbond substituents is 1. The van der Waals surface area contributed by atoms with Crippen LogP contribution in [0.3, 0.4) is 0 Å². The number of aromatic amines is 1. The lowest BCUT2D eigenvalue weighted by Gasteiger charge is -2.16. The molecule has 3 N–H and O–H groups in total. The van der Waals surface area contributed by atoms with Crippen molar-refractivity contribution in [1.82, 2.24) is 19.3 Å². The van der Waals surface area contributed by atoms with E-state index < -0.39 is 13.3 Å². The first-order valence-corrected chi connectivity index (χ1v) is 14.3. The Morgan fingerprint density at radius 1 is 1.05 bits per heavy atom. The summed E-state index contributed by atoms with van der Waals surface area (Å²) in [7, 11) is -0.367. The summed E-state index contributed by atoms with van der Waals surface area (Å²) in [5, 5.41) is 18.6. The molecule has 3 aromatic carbocycles. The van der Waals surface area contributed by atoms with Gasteiger partial charge in [0.15, 0.2) is 5.82 Å². The van der Waals surface area contributed by atoms with Gasteiger partial charge >= 0.3 is 13.3 Å². The summed E-state index contributed by atoms with van der Waals surface area (Å²) in [6, 6.07) is 16.4. The van der Waals surface area contributed by atoms with Crippen LogP contribution in [0.1, 0.15) is 16.7 Å². The lowest BCUT2D eigenvalue weighted by molar-refractivity contribution is 0.384. The molecule has 0 amide bonds. The second-order valence-electron chi connectivity index (χ2n) is 9.53. The largest absolute Gasteiger partial charge is 0.507 e. The molecule has 2 heterocycles. The zero-order valence-corrected chi connectivity index (χ0v) is 22.9. The third-order valence-electron chi connectivity index (χ3n) is 6.64. The Labute approximate surface area is 224 Å². The van der Waals surface area contributed by atoms with Crippen molar-refractivity contribution in [2.75, 3.05) is 13.8 Å². The van der Waals surface area contributed by atoms with E-state index in [0.717, 1.165) is 34.4 Å². The van der Waals surface area contributed by atoms with Crippen LogP contribution >= 0.6 is 7.60 Å². The third kappa shape index (κ3) is 5.34. The van der Waals surface area contributed by atoms with Crippen LogP contribution in [-0.2, 0) is 24.5 Å². The number of aromatic hydroxyl groups is 1. The number of fused-ring (bicyclic) bond motifs is 1. The lowest BCUT2D eigenvalue weighted by atomic mass is 9.99. The van der Waals surface area contributed by atoms with Gasteiger partial charge in [-0.25, -0.2) is 19.0 Å². The molecule has 0 spiro atoms. The number of ether oxygens (including phenoxy) is 1. The van der Waals surface area contributed by atoms with Crippen molar-refractivity contribution < 1.29 is 23.8 Å². The van der Waals surface area contributed by atoms with Crippen LogP contribution in [0.25, 0.3) is 28.0 Å². The van der Waals surface area contributed by atoms with E-state index in [4.69, 9.17) is 9.26 Å². The first-order chi connectivity index (χ1) is 18.5. The summed E-state index contributed by atoms with van der Waals surface area (Å²) in [5.74, 6) is 0.792. The highest BCUT2D eigenvalue weighted by Gasteiger charge is 2.22. The average molecular weight is 549 g/mol. The lowest BCUT2D eigenvalue weighted by Crippen LogP contribution is -2.15. The molecule has 0 aliphatic carbocycles. The van der Waals surface area contributed by atoms with E-state index >= 15 is 0 Å². The van der Waals surface area contributed by atoms with Crippen LogP contribution in [0.5, 0.6) is 17.2 Å². The Bertz CT molecular complexity index is 1800. The van der Waals surface area contributed by atoms with Crippen LogP contribution in [0.4, 0.5) is 0 Å². The Balaban J connectivity index is 1.58. The summed E-state index contributed by atoms with van der Waals surface area (Å²) in [6.07, 6.45) is 2.91. The normalized spacial score (nSPS) is 12.9. The van der Waals surface area contributed by atoms with Gasteiger partial charge in [-0.1, -0.05) is 12.1 Å². The van der Waals surface area contributed by atoms with Crippen LogP contribution in [0.15, 0.2) is 65.6 Å². The summed E-state index contributed by atoms with van der Waals surface area (Å²) >= 11 is 0. The zero-order valence-electron chi connectivity index (χ0n) is 22.0. The van der Waals surface area contributed by atoms with Crippen LogP contribution in [-0.4, -0.2) is 43.1 Å². The van der Waals surface area contributed by atoms with Crippen molar-refractivity contribution >= 4 is 18.5 Å². The number of aryl methyl sites for hydroxylation is 4. The zero-order chi connectivity index (χ0) is 27.9. The van der Waals surface area contributed by atoms with Crippen molar-refractivity contribution in [3.63, 3.8) is 0 Å². The van der Waals surface area contributed by atoms with Crippen molar-refractivity contribution in [2.24, 2.45) is 7.05 Å². The Kier molecular flexibility index (Phi) is 6.84. The second-order valence-corrected chi connectivity index (χ2v) is 11.3. The van der Waals surface area contributed by atoms with E-state index in [2.05, 4.69) is 10.2 Å². The number of H-pyrrole nitrogens is 1. The molecule has 0 saturated carbocycles. The minimum Gasteiger partial charge on any atom is -0.507 e. The molecular weight excluding hydrogens is 519 g/mol. The molecule has 1 unspecified atom stereocenters. The molecule has 0 aliphatic rings. The predicted molar refractivity (Wildman–Crippen MR) is 149 cm³/mol. The molecule has 0 aliphatic heterocycles. The minimum atomic E-state index is -3.92. The van der Waals surface area contributed by atoms with Crippen molar-refractivity contribution in [3.05, 3.63) is 88.0 Å². The number of benzene rings is 3. The van der Waals surface area contributed by atoms with Crippen molar-refractivity contribution in [3.8, 4) is 34.3 Å². The molecule has 39 heavy (non-hydrogen) atoms.